The van der Waals surface area contributed by atoms with Gasteiger partial charge in [0.15, 0.2) is 0 Å². The lowest BCUT2D eigenvalue weighted by Crippen LogP contribution is -2.30. The molecule has 1 N–H and O–H groups in total. The first kappa shape index (κ1) is 18.1. The quantitative estimate of drug-likeness (QED) is 0.569. The van der Waals surface area contributed by atoms with Crippen LogP contribution in [0.1, 0.15) is 25.0 Å². The van der Waals surface area contributed by atoms with Crippen molar-refractivity contribution in [3.63, 3.8) is 0 Å². The van der Waals surface area contributed by atoms with Gasteiger partial charge in [-0.25, -0.2) is 0 Å². The lowest BCUT2D eigenvalue weighted by atomic mass is 9.95. The molecule has 0 aliphatic carbocycles. The number of hydrogen-bond acceptors (Lipinski definition) is 4. The Labute approximate surface area is 164 Å². The Kier molecular flexibility index (Phi) is 4.75. The highest BCUT2D eigenvalue weighted by Crippen LogP contribution is 2.32. The molecule has 28 heavy (non-hydrogen) atoms. The van der Waals surface area contributed by atoms with E-state index in [1.807, 2.05) is 54.6 Å². The first-order chi connectivity index (χ1) is 13.6. The van der Waals surface area contributed by atoms with Crippen molar-refractivity contribution in [3.05, 3.63) is 90.0 Å². The molecule has 0 saturated carbocycles. The van der Waals surface area contributed by atoms with Crippen molar-refractivity contribution < 1.29 is 5.11 Å². The van der Waals surface area contributed by atoms with Gasteiger partial charge in [-0.3, -0.25) is 0 Å². The zero-order chi connectivity index (χ0) is 19.6. The molecular weight excluding hydrogens is 348 g/mol. The fraction of sp³-hybridized carbons (Fsp3) is 0.174. The van der Waals surface area contributed by atoms with Gasteiger partial charge in [-0.1, -0.05) is 72.8 Å². The van der Waals surface area contributed by atoms with Crippen LogP contribution < -0.4 is 0 Å². The molecule has 0 radical (unpaired) electrons. The summed E-state index contributed by atoms with van der Waals surface area (Å²) in [6.45, 7) is 4.10. The molecule has 0 fully saturated rings. The minimum atomic E-state index is -0.436. The van der Waals surface area contributed by atoms with Crippen molar-refractivity contribution >= 4 is 0 Å². The summed E-state index contributed by atoms with van der Waals surface area (Å²) < 4.78 is 0. The van der Waals surface area contributed by atoms with E-state index in [0.29, 0.717) is 5.82 Å². The molecule has 0 unspecified atom stereocenters. The molecule has 1 aromatic heterocycles. The SMILES string of the molecule is CC(C)(c1ccccc1)n1nnc(-c2cc(CO)ccc2-c2ccccc2)n1. The van der Waals surface area contributed by atoms with Gasteiger partial charge in [0, 0.05) is 5.56 Å². The molecule has 0 atom stereocenters. The van der Waals surface area contributed by atoms with E-state index in [2.05, 4.69) is 48.4 Å². The highest BCUT2D eigenvalue weighted by Gasteiger charge is 2.26. The Balaban J connectivity index is 1.80. The zero-order valence-corrected chi connectivity index (χ0v) is 15.9. The van der Waals surface area contributed by atoms with Crippen molar-refractivity contribution in [1.29, 1.82) is 0 Å². The zero-order valence-electron chi connectivity index (χ0n) is 15.9. The van der Waals surface area contributed by atoms with Crippen LogP contribution in [0.5, 0.6) is 0 Å². The summed E-state index contributed by atoms with van der Waals surface area (Å²) in [7, 11) is 0. The number of aliphatic hydroxyl groups excluding tert-OH is 1. The third-order valence-corrected chi connectivity index (χ3v) is 4.99. The Morgan fingerprint density at radius 1 is 0.857 bits per heavy atom. The number of benzene rings is 3. The van der Waals surface area contributed by atoms with Crippen LogP contribution in [-0.4, -0.2) is 25.3 Å². The number of aliphatic hydroxyl groups is 1. The van der Waals surface area contributed by atoms with E-state index in [9.17, 15) is 5.11 Å². The standard InChI is InChI=1S/C23H22N4O/c1-23(2,19-11-7-4-8-12-19)27-25-22(24-26-27)21-15-17(16-28)13-14-20(21)18-9-5-3-6-10-18/h3-15,28H,16H2,1-2H3. The summed E-state index contributed by atoms with van der Waals surface area (Å²) in [6, 6.07) is 26.1. The summed E-state index contributed by atoms with van der Waals surface area (Å²) in [6.07, 6.45) is 0. The second-order valence-electron chi connectivity index (χ2n) is 7.23. The lowest BCUT2D eigenvalue weighted by molar-refractivity contribution is 0.282. The maximum Gasteiger partial charge on any atom is 0.205 e. The maximum absolute atomic E-state index is 9.59. The van der Waals surface area contributed by atoms with E-state index in [0.717, 1.165) is 27.8 Å². The Morgan fingerprint density at radius 3 is 2.21 bits per heavy atom. The molecule has 4 rings (SSSR count). The van der Waals surface area contributed by atoms with Gasteiger partial charge in [0.1, 0.15) is 5.54 Å². The van der Waals surface area contributed by atoms with E-state index in [1.165, 1.54) is 0 Å². The third kappa shape index (κ3) is 3.32. The molecule has 4 aromatic rings. The molecule has 3 aromatic carbocycles. The first-order valence-corrected chi connectivity index (χ1v) is 9.25. The summed E-state index contributed by atoms with van der Waals surface area (Å²) in [5.41, 5.74) is 4.41. The second-order valence-corrected chi connectivity index (χ2v) is 7.23. The predicted molar refractivity (Wildman–Crippen MR) is 109 cm³/mol. The van der Waals surface area contributed by atoms with Crippen LogP contribution in [0, 0.1) is 0 Å². The van der Waals surface area contributed by atoms with Gasteiger partial charge in [0.2, 0.25) is 5.82 Å². The third-order valence-electron chi connectivity index (χ3n) is 4.99. The number of nitrogens with zero attached hydrogens (tertiary/aromatic N) is 4. The molecule has 5 heteroatoms. The summed E-state index contributed by atoms with van der Waals surface area (Å²) in [5, 5.41) is 23.0. The Hall–Kier alpha value is -3.31. The van der Waals surface area contributed by atoms with Crippen LogP contribution in [0.2, 0.25) is 0 Å². The predicted octanol–water partition coefficient (Wildman–Crippen LogP) is 4.28. The van der Waals surface area contributed by atoms with Crippen molar-refractivity contribution in [2.75, 3.05) is 0 Å². The van der Waals surface area contributed by atoms with Gasteiger partial charge in [-0.15, -0.1) is 10.2 Å². The topological polar surface area (TPSA) is 63.8 Å². The van der Waals surface area contributed by atoms with E-state index in [4.69, 9.17) is 5.10 Å². The molecule has 5 nitrogen and oxygen atoms in total. The fourth-order valence-electron chi connectivity index (χ4n) is 3.26. The number of aromatic nitrogens is 4. The fourth-order valence-corrected chi connectivity index (χ4v) is 3.26. The molecule has 0 bridgehead atoms. The van der Waals surface area contributed by atoms with E-state index >= 15 is 0 Å². The van der Waals surface area contributed by atoms with Gasteiger partial charge in [0.05, 0.1) is 6.61 Å². The molecular formula is C23H22N4O. The average molecular weight is 370 g/mol. The first-order valence-electron chi connectivity index (χ1n) is 9.25. The highest BCUT2D eigenvalue weighted by molar-refractivity contribution is 5.80. The van der Waals surface area contributed by atoms with Crippen LogP contribution in [-0.2, 0) is 12.1 Å². The van der Waals surface area contributed by atoms with Crippen LogP contribution in [0.3, 0.4) is 0 Å². The van der Waals surface area contributed by atoms with Crippen molar-refractivity contribution in [2.45, 2.75) is 26.0 Å². The van der Waals surface area contributed by atoms with E-state index < -0.39 is 5.54 Å². The van der Waals surface area contributed by atoms with Gasteiger partial charge in [-0.2, -0.15) is 4.80 Å². The van der Waals surface area contributed by atoms with E-state index in [-0.39, 0.29) is 6.61 Å². The summed E-state index contributed by atoms with van der Waals surface area (Å²) in [5.74, 6) is 0.540. The largest absolute Gasteiger partial charge is 0.392 e. The molecule has 1 heterocycles. The smallest absolute Gasteiger partial charge is 0.205 e. The average Bonchev–Trinajstić information content (AvgIpc) is 3.26. The molecule has 140 valence electrons. The highest BCUT2D eigenvalue weighted by atomic mass is 16.3. The van der Waals surface area contributed by atoms with Gasteiger partial charge in [0.25, 0.3) is 0 Å². The Morgan fingerprint density at radius 2 is 1.54 bits per heavy atom. The lowest BCUT2D eigenvalue weighted by Gasteiger charge is -2.23. The van der Waals surface area contributed by atoms with Gasteiger partial charge in [-0.05, 0) is 47.4 Å². The minimum Gasteiger partial charge on any atom is -0.392 e. The Bertz CT molecular complexity index is 1070. The van der Waals surface area contributed by atoms with Gasteiger partial charge < -0.3 is 5.11 Å². The molecule has 0 aliphatic heterocycles. The molecule has 0 spiro atoms. The number of tetrazole rings is 1. The normalized spacial score (nSPS) is 11.5. The van der Waals surface area contributed by atoms with Crippen molar-refractivity contribution in [2.24, 2.45) is 0 Å². The van der Waals surface area contributed by atoms with Crippen LogP contribution in [0.4, 0.5) is 0 Å². The molecule has 0 saturated heterocycles. The minimum absolute atomic E-state index is 0.0360. The maximum atomic E-state index is 9.59. The second kappa shape index (κ2) is 7.37. The van der Waals surface area contributed by atoms with Crippen LogP contribution >= 0.6 is 0 Å². The molecule has 0 amide bonds. The molecule has 0 aliphatic rings. The number of hydrogen-bond donors (Lipinski definition) is 1. The monoisotopic (exact) mass is 370 g/mol. The summed E-state index contributed by atoms with van der Waals surface area (Å²) in [4.78, 5) is 1.65. The van der Waals surface area contributed by atoms with Crippen molar-refractivity contribution in [3.8, 4) is 22.5 Å². The van der Waals surface area contributed by atoms with Crippen LogP contribution in [0.25, 0.3) is 22.5 Å². The van der Waals surface area contributed by atoms with Crippen molar-refractivity contribution in [1.82, 2.24) is 20.2 Å². The van der Waals surface area contributed by atoms with E-state index in [1.54, 1.807) is 4.80 Å². The number of rotatable bonds is 5. The van der Waals surface area contributed by atoms with Crippen LogP contribution in [0.15, 0.2) is 78.9 Å². The van der Waals surface area contributed by atoms with Gasteiger partial charge >= 0.3 is 0 Å². The summed E-state index contributed by atoms with van der Waals surface area (Å²) >= 11 is 0.